The first-order chi connectivity index (χ1) is 7.33. The van der Waals surface area contributed by atoms with Crippen molar-refractivity contribution >= 4 is 11.6 Å². The van der Waals surface area contributed by atoms with E-state index in [2.05, 4.69) is 4.98 Å². The van der Waals surface area contributed by atoms with Gasteiger partial charge in [-0.1, -0.05) is 30.3 Å². The minimum Gasteiger partial charge on any atom is -0.253 e. The van der Waals surface area contributed by atoms with Gasteiger partial charge in [0.05, 0.1) is 5.88 Å². The molecule has 2 rings (SSSR count). The van der Waals surface area contributed by atoms with E-state index < -0.39 is 0 Å². The number of hydrogen-bond acceptors (Lipinski definition) is 1. The highest BCUT2D eigenvalue weighted by molar-refractivity contribution is 6.17. The Morgan fingerprint density at radius 2 is 1.87 bits per heavy atom. The van der Waals surface area contributed by atoms with Gasteiger partial charge < -0.3 is 0 Å². The van der Waals surface area contributed by atoms with E-state index in [0.717, 1.165) is 5.56 Å². The zero-order chi connectivity index (χ0) is 10.7. The summed E-state index contributed by atoms with van der Waals surface area (Å²) in [5, 5.41) is 0. The maximum absolute atomic E-state index is 13.8. The van der Waals surface area contributed by atoms with Crippen LogP contribution in [0.3, 0.4) is 0 Å². The second-order valence-corrected chi connectivity index (χ2v) is 3.40. The fourth-order valence-electron chi connectivity index (χ4n) is 1.38. The summed E-state index contributed by atoms with van der Waals surface area (Å²) in [4.78, 5) is 4.02. The fraction of sp³-hybridized carbons (Fsp3) is 0.0833. The summed E-state index contributed by atoms with van der Waals surface area (Å²) >= 11 is 5.62. The lowest BCUT2D eigenvalue weighted by Crippen LogP contribution is -1.93. The van der Waals surface area contributed by atoms with Crippen LogP contribution in [0.5, 0.6) is 0 Å². The molecule has 0 aliphatic rings. The number of alkyl halides is 1. The van der Waals surface area contributed by atoms with Crippen LogP contribution in [0.2, 0.25) is 0 Å². The zero-order valence-electron chi connectivity index (χ0n) is 7.95. The van der Waals surface area contributed by atoms with Crippen LogP contribution in [0.4, 0.5) is 4.39 Å². The van der Waals surface area contributed by atoms with Gasteiger partial charge in [0.15, 0.2) is 5.82 Å². The van der Waals surface area contributed by atoms with Gasteiger partial charge in [-0.2, -0.15) is 0 Å². The SMILES string of the molecule is Fc1c(CCl)ccnc1-c1ccccc1. The molecule has 76 valence electrons. The first-order valence-corrected chi connectivity index (χ1v) is 5.11. The molecule has 0 saturated heterocycles. The normalized spacial score (nSPS) is 10.3. The van der Waals surface area contributed by atoms with Crippen LogP contribution in [0.25, 0.3) is 11.3 Å². The van der Waals surface area contributed by atoms with Crippen molar-refractivity contribution in [1.82, 2.24) is 4.98 Å². The molecular weight excluding hydrogens is 213 g/mol. The number of halogens is 2. The van der Waals surface area contributed by atoms with E-state index in [0.29, 0.717) is 11.3 Å². The molecule has 0 unspecified atom stereocenters. The van der Waals surface area contributed by atoms with Gasteiger partial charge in [-0.3, -0.25) is 4.98 Å². The second-order valence-electron chi connectivity index (χ2n) is 3.13. The Hall–Kier alpha value is -1.41. The van der Waals surface area contributed by atoms with Crippen molar-refractivity contribution in [2.45, 2.75) is 5.88 Å². The average molecular weight is 222 g/mol. The minimum atomic E-state index is -0.335. The van der Waals surface area contributed by atoms with Gasteiger partial charge in [0.1, 0.15) is 5.69 Å². The fourth-order valence-corrected chi connectivity index (χ4v) is 1.59. The number of nitrogens with zero attached hydrogens (tertiary/aromatic N) is 1. The molecular formula is C12H9ClFN. The van der Waals surface area contributed by atoms with Crippen molar-refractivity contribution < 1.29 is 4.39 Å². The van der Waals surface area contributed by atoms with E-state index in [1.807, 2.05) is 30.3 Å². The summed E-state index contributed by atoms with van der Waals surface area (Å²) in [6, 6.07) is 10.8. The Morgan fingerprint density at radius 3 is 2.53 bits per heavy atom. The molecule has 0 amide bonds. The smallest absolute Gasteiger partial charge is 0.153 e. The van der Waals surface area contributed by atoms with E-state index >= 15 is 0 Å². The third-order valence-corrected chi connectivity index (χ3v) is 2.45. The minimum absolute atomic E-state index is 0.161. The van der Waals surface area contributed by atoms with Crippen LogP contribution in [-0.2, 0) is 5.88 Å². The molecule has 15 heavy (non-hydrogen) atoms. The van der Waals surface area contributed by atoms with Gasteiger partial charge in [-0.15, -0.1) is 11.6 Å². The van der Waals surface area contributed by atoms with E-state index in [1.165, 1.54) is 0 Å². The topological polar surface area (TPSA) is 12.9 Å². The van der Waals surface area contributed by atoms with E-state index in [4.69, 9.17) is 11.6 Å². The van der Waals surface area contributed by atoms with E-state index in [1.54, 1.807) is 12.3 Å². The highest BCUT2D eigenvalue weighted by atomic mass is 35.5. The number of pyridine rings is 1. The number of hydrogen-bond donors (Lipinski definition) is 0. The molecule has 0 bridgehead atoms. The van der Waals surface area contributed by atoms with Gasteiger partial charge in [0.2, 0.25) is 0 Å². The number of rotatable bonds is 2. The first kappa shape index (κ1) is 10.1. The maximum Gasteiger partial charge on any atom is 0.153 e. The predicted molar refractivity (Wildman–Crippen MR) is 59.2 cm³/mol. The third kappa shape index (κ3) is 2.00. The molecule has 1 aromatic heterocycles. The molecule has 0 saturated carbocycles. The monoisotopic (exact) mass is 221 g/mol. The van der Waals surface area contributed by atoms with Crippen molar-refractivity contribution in [3.8, 4) is 11.3 Å². The van der Waals surface area contributed by atoms with E-state index in [9.17, 15) is 4.39 Å². The Bertz CT molecular complexity index is 456. The molecule has 0 aliphatic carbocycles. The van der Waals surface area contributed by atoms with Gasteiger partial charge in [0.25, 0.3) is 0 Å². The van der Waals surface area contributed by atoms with Crippen LogP contribution in [0.1, 0.15) is 5.56 Å². The van der Waals surface area contributed by atoms with Crippen molar-refractivity contribution in [1.29, 1.82) is 0 Å². The Kier molecular flexibility index (Phi) is 2.97. The lowest BCUT2D eigenvalue weighted by molar-refractivity contribution is 0.615. The molecule has 0 fully saturated rings. The molecule has 1 nitrogen and oxygen atoms in total. The van der Waals surface area contributed by atoms with Crippen LogP contribution in [0.15, 0.2) is 42.6 Å². The van der Waals surface area contributed by atoms with Crippen molar-refractivity contribution in [2.24, 2.45) is 0 Å². The highest BCUT2D eigenvalue weighted by Gasteiger charge is 2.09. The van der Waals surface area contributed by atoms with Crippen LogP contribution >= 0.6 is 11.6 Å². The first-order valence-electron chi connectivity index (χ1n) is 4.57. The van der Waals surface area contributed by atoms with Gasteiger partial charge in [0, 0.05) is 17.3 Å². The molecule has 0 radical (unpaired) electrons. The van der Waals surface area contributed by atoms with Crippen molar-refractivity contribution in [3.05, 3.63) is 54.0 Å². The molecule has 0 atom stereocenters. The highest BCUT2D eigenvalue weighted by Crippen LogP contribution is 2.22. The maximum atomic E-state index is 13.8. The molecule has 1 heterocycles. The molecule has 0 N–H and O–H groups in total. The van der Waals surface area contributed by atoms with Crippen LogP contribution in [-0.4, -0.2) is 4.98 Å². The number of aromatic nitrogens is 1. The summed E-state index contributed by atoms with van der Waals surface area (Å²) in [6.07, 6.45) is 1.57. The van der Waals surface area contributed by atoms with Crippen LogP contribution in [0, 0.1) is 5.82 Å². The van der Waals surface area contributed by atoms with Gasteiger partial charge in [-0.05, 0) is 6.07 Å². The Labute approximate surface area is 92.5 Å². The Morgan fingerprint density at radius 1 is 1.13 bits per heavy atom. The molecule has 0 aliphatic heterocycles. The molecule has 2 aromatic rings. The summed E-state index contributed by atoms with van der Waals surface area (Å²) < 4.78 is 13.8. The number of benzene rings is 1. The second kappa shape index (κ2) is 4.41. The Balaban J connectivity index is 2.54. The standard InChI is InChI=1S/C12H9ClFN/c13-8-10-6-7-15-12(11(10)14)9-4-2-1-3-5-9/h1-7H,8H2. The summed E-state index contributed by atoms with van der Waals surface area (Å²) in [5.74, 6) is -0.174. The average Bonchev–Trinajstić information content (AvgIpc) is 2.30. The molecule has 1 aromatic carbocycles. The van der Waals surface area contributed by atoms with Crippen molar-refractivity contribution in [3.63, 3.8) is 0 Å². The zero-order valence-corrected chi connectivity index (χ0v) is 8.71. The lowest BCUT2D eigenvalue weighted by Gasteiger charge is -2.04. The summed E-state index contributed by atoms with van der Waals surface area (Å²) in [5.41, 5.74) is 1.60. The predicted octanol–water partition coefficient (Wildman–Crippen LogP) is 3.63. The van der Waals surface area contributed by atoms with Crippen molar-refractivity contribution in [2.75, 3.05) is 0 Å². The van der Waals surface area contributed by atoms with Crippen LogP contribution < -0.4 is 0 Å². The molecule has 0 spiro atoms. The van der Waals surface area contributed by atoms with Gasteiger partial charge in [-0.25, -0.2) is 4.39 Å². The third-order valence-electron chi connectivity index (χ3n) is 2.16. The largest absolute Gasteiger partial charge is 0.253 e. The quantitative estimate of drug-likeness (QED) is 0.706. The van der Waals surface area contributed by atoms with Gasteiger partial charge >= 0.3 is 0 Å². The summed E-state index contributed by atoms with van der Waals surface area (Å²) in [6.45, 7) is 0. The lowest BCUT2D eigenvalue weighted by atomic mass is 10.1. The molecule has 3 heteroatoms. The summed E-state index contributed by atoms with van der Waals surface area (Å²) in [7, 11) is 0. The van der Waals surface area contributed by atoms with E-state index in [-0.39, 0.29) is 11.7 Å².